The fraction of sp³-hybridized carbons (Fsp3) is 0.105. The van der Waals surface area contributed by atoms with Crippen molar-refractivity contribution in [3.05, 3.63) is 59.0 Å². The molecule has 0 saturated carbocycles. The van der Waals surface area contributed by atoms with Crippen LogP contribution >= 0.6 is 0 Å². The lowest BCUT2D eigenvalue weighted by Crippen LogP contribution is -2.02. The molecule has 0 spiro atoms. The predicted octanol–water partition coefficient (Wildman–Crippen LogP) is 3.27. The van der Waals surface area contributed by atoms with Gasteiger partial charge in [0.25, 0.3) is 5.89 Å². The number of benzene rings is 2. The summed E-state index contributed by atoms with van der Waals surface area (Å²) in [5.74, 6) is 0.479. The highest BCUT2D eigenvalue weighted by molar-refractivity contribution is 5.81. The molecule has 2 aromatic carbocycles. The first-order chi connectivity index (χ1) is 13.2. The van der Waals surface area contributed by atoms with Gasteiger partial charge in [-0.3, -0.25) is 0 Å². The largest absolute Gasteiger partial charge is 0.422 e. The van der Waals surface area contributed by atoms with Crippen LogP contribution < -0.4 is 5.63 Å². The van der Waals surface area contributed by atoms with Gasteiger partial charge < -0.3 is 8.94 Å². The van der Waals surface area contributed by atoms with E-state index in [1.54, 1.807) is 22.9 Å². The van der Waals surface area contributed by atoms with E-state index in [1.165, 1.54) is 0 Å². The molecular weight excluding hydrogens is 346 g/mol. The molecule has 0 amide bonds. The van der Waals surface area contributed by atoms with Gasteiger partial charge in [0.05, 0.1) is 5.52 Å². The van der Waals surface area contributed by atoms with Crippen LogP contribution in [-0.2, 0) is 6.54 Å². The Morgan fingerprint density at radius 3 is 2.89 bits per heavy atom. The Morgan fingerprint density at radius 1 is 1.11 bits per heavy atom. The van der Waals surface area contributed by atoms with E-state index in [0.29, 0.717) is 11.4 Å². The van der Waals surface area contributed by atoms with Crippen LogP contribution in [0.4, 0.5) is 0 Å². The molecule has 8 heteroatoms. The summed E-state index contributed by atoms with van der Waals surface area (Å²) in [4.78, 5) is 16.6. The van der Waals surface area contributed by atoms with Crippen molar-refractivity contribution < 1.29 is 8.94 Å². The summed E-state index contributed by atoms with van der Waals surface area (Å²) < 4.78 is 12.4. The zero-order valence-electron chi connectivity index (χ0n) is 14.3. The minimum Gasteiger partial charge on any atom is -0.422 e. The number of aryl methyl sites for hydroxylation is 1. The summed E-state index contributed by atoms with van der Waals surface area (Å²) in [5, 5.41) is 13.0. The van der Waals surface area contributed by atoms with Crippen molar-refractivity contribution in [2.24, 2.45) is 0 Å². The summed E-state index contributed by atoms with van der Waals surface area (Å²) in [5.41, 5.74) is 2.61. The molecule has 0 unspecified atom stereocenters. The highest BCUT2D eigenvalue weighted by Crippen LogP contribution is 2.25. The van der Waals surface area contributed by atoms with Gasteiger partial charge in [0, 0.05) is 17.5 Å². The molecule has 3 aromatic heterocycles. The number of hydrogen-bond acceptors (Lipinski definition) is 7. The van der Waals surface area contributed by atoms with Gasteiger partial charge in [-0.15, -0.1) is 5.10 Å². The highest BCUT2D eigenvalue weighted by Gasteiger charge is 2.16. The maximum Gasteiger partial charge on any atom is 0.349 e. The van der Waals surface area contributed by atoms with Gasteiger partial charge >= 0.3 is 5.63 Å². The third-order valence-electron chi connectivity index (χ3n) is 4.37. The Bertz CT molecular complexity index is 1350. The number of rotatable bonds is 3. The molecule has 0 aliphatic rings. The van der Waals surface area contributed by atoms with Crippen LogP contribution in [0.25, 0.3) is 44.8 Å². The first-order valence-corrected chi connectivity index (χ1v) is 8.43. The normalized spacial score (nSPS) is 11.4. The Hall–Kier alpha value is -3.81. The molecule has 0 bridgehead atoms. The Kier molecular flexibility index (Phi) is 3.36. The van der Waals surface area contributed by atoms with Crippen molar-refractivity contribution in [3.8, 4) is 22.8 Å². The van der Waals surface area contributed by atoms with E-state index in [9.17, 15) is 4.79 Å². The second-order valence-electron chi connectivity index (χ2n) is 6.02. The van der Waals surface area contributed by atoms with E-state index < -0.39 is 5.63 Å². The van der Waals surface area contributed by atoms with Gasteiger partial charge in [-0.25, -0.2) is 9.48 Å². The topological polar surface area (TPSA) is 99.8 Å². The first kappa shape index (κ1) is 15.4. The van der Waals surface area contributed by atoms with Crippen molar-refractivity contribution in [3.63, 3.8) is 0 Å². The van der Waals surface area contributed by atoms with E-state index in [2.05, 4.69) is 20.5 Å². The van der Waals surface area contributed by atoms with Gasteiger partial charge in [0.2, 0.25) is 5.82 Å². The maximum atomic E-state index is 12.3. The molecule has 5 rings (SSSR count). The lowest BCUT2D eigenvalue weighted by Gasteiger charge is -1.98. The van der Waals surface area contributed by atoms with E-state index in [0.717, 1.165) is 28.5 Å². The molecule has 8 nitrogen and oxygen atoms in total. The van der Waals surface area contributed by atoms with Gasteiger partial charge in [0.15, 0.2) is 0 Å². The minimum absolute atomic E-state index is 0.113. The van der Waals surface area contributed by atoms with Crippen LogP contribution in [0.1, 0.15) is 6.92 Å². The summed E-state index contributed by atoms with van der Waals surface area (Å²) in [6.07, 6.45) is 0. The lowest BCUT2D eigenvalue weighted by molar-refractivity contribution is 0.429. The van der Waals surface area contributed by atoms with Gasteiger partial charge in [-0.1, -0.05) is 28.6 Å². The Labute approximate surface area is 152 Å². The van der Waals surface area contributed by atoms with E-state index in [1.807, 2.05) is 37.3 Å². The number of para-hydroxylation sites is 1. The fourth-order valence-electron chi connectivity index (χ4n) is 3.01. The van der Waals surface area contributed by atoms with Crippen LogP contribution in [-0.4, -0.2) is 25.1 Å². The van der Waals surface area contributed by atoms with Gasteiger partial charge in [-0.05, 0) is 37.3 Å². The molecule has 0 N–H and O–H groups in total. The third kappa shape index (κ3) is 2.50. The Balaban J connectivity index is 1.58. The highest BCUT2D eigenvalue weighted by atomic mass is 16.5. The molecule has 0 aliphatic carbocycles. The smallest absolute Gasteiger partial charge is 0.349 e. The molecule has 0 aliphatic heterocycles. The van der Waals surface area contributed by atoms with Gasteiger partial charge in [-0.2, -0.15) is 4.98 Å². The van der Waals surface area contributed by atoms with E-state index >= 15 is 0 Å². The summed E-state index contributed by atoms with van der Waals surface area (Å²) >= 11 is 0. The summed E-state index contributed by atoms with van der Waals surface area (Å²) in [7, 11) is 0. The molecule has 27 heavy (non-hydrogen) atoms. The molecule has 132 valence electrons. The van der Waals surface area contributed by atoms with E-state index in [4.69, 9.17) is 8.94 Å². The fourth-order valence-corrected chi connectivity index (χ4v) is 3.01. The van der Waals surface area contributed by atoms with Crippen LogP contribution in [0.15, 0.2) is 62.3 Å². The molecule has 3 heterocycles. The molecule has 0 atom stereocenters. The number of aromatic nitrogens is 5. The van der Waals surface area contributed by atoms with Crippen LogP contribution in [0.2, 0.25) is 0 Å². The van der Waals surface area contributed by atoms with Crippen molar-refractivity contribution in [1.29, 1.82) is 0 Å². The van der Waals surface area contributed by atoms with Crippen molar-refractivity contribution in [2.75, 3.05) is 0 Å². The zero-order chi connectivity index (χ0) is 18.4. The molecule has 5 aromatic rings. The van der Waals surface area contributed by atoms with E-state index in [-0.39, 0.29) is 11.5 Å². The molecular formula is C19H13N5O3. The molecule has 0 saturated heterocycles. The predicted molar refractivity (Wildman–Crippen MR) is 98.0 cm³/mol. The second kappa shape index (κ2) is 5.87. The van der Waals surface area contributed by atoms with Crippen molar-refractivity contribution in [1.82, 2.24) is 25.1 Å². The summed E-state index contributed by atoms with van der Waals surface area (Å²) in [6, 6.07) is 14.6. The Morgan fingerprint density at radius 2 is 2.00 bits per heavy atom. The second-order valence-corrected chi connectivity index (χ2v) is 6.02. The zero-order valence-corrected chi connectivity index (χ0v) is 14.3. The standard InChI is InChI=1S/C19H13N5O3/c1-2-24-15-8-7-12(10-14(15)21-23-24)17-20-18(27-22-17)13-9-11-5-3-4-6-16(11)26-19(13)25/h3-10H,2H2,1H3. The van der Waals surface area contributed by atoms with Crippen LogP contribution in [0.3, 0.4) is 0 Å². The average molecular weight is 359 g/mol. The van der Waals surface area contributed by atoms with Crippen LogP contribution in [0.5, 0.6) is 0 Å². The van der Waals surface area contributed by atoms with Crippen molar-refractivity contribution in [2.45, 2.75) is 13.5 Å². The minimum atomic E-state index is -0.523. The molecule has 0 fully saturated rings. The van der Waals surface area contributed by atoms with Gasteiger partial charge in [0.1, 0.15) is 16.7 Å². The molecule has 0 radical (unpaired) electrons. The summed E-state index contributed by atoms with van der Waals surface area (Å²) in [6.45, 7) is 2.74. The monoisotopic (exact) mass is 359 g/mol. The number of hydrogen-bond donors (Lipinski definition) is 0. The third-order valence-corrected chi connectivity index (χ3v) is 4.37. The number of nitrogens with zero attached hydrogens (tertiary/aromatic N) is 5. The maximum absolute atomic E-state index is 12.3. The number of fused-ring (bicyclic) bond motifs is 2. The quantitative estimate of drug-likeness (QED) is 0.456. The van der Waals surface area contributed by atoms with Crippen LogP contribution in [0, 0.1) is 0 Å². The first-order valence-electron chi connectivity index (χ1n) is 8.43. The average Bonchev–Trinajstić information content (AvgIpc) is 3.34. The van der Waals surface area contributed by atoms with Crippen molar-refractivity contribution >= 4 is 22.0 Å². The SMILES string of the molecule is CCn1nnc2cc(-c3noc(-c4cc5ccccc5oc4=O)n3)ccc21. The lowest BCUT2D eigenvalue weighted by atomic mass is 10.2.